The predicted molar refractivity (Wildman–Crippen MR) is 63.6 cm³/mol. The summed E-state index contributed by atoms with van der Waals surface area (Å²) in [5.41, 5.74) is 2.89. The van der Waals surface area contributed by atoms with Crippen LogP contribution in [0.2, 0.25) is 0 Å². The zero-order valence-electron chi connectivity index (χ0n) is 9.59. The van der Waals surface area contributed by atoms with Crippen LogP contribution in [0.4, 0.5) is 0 Å². The highest BCUT2D eigenvalue weighted by Crippen LogP contribution is 2.17. The Morgan fingerprint density at radius 1 is 1.25 bits per heavy atom. The molecule has 0 amide bonds. The van der Waals surface area contributed by atoms with Gasteiger partial charge in [0.2, 0.25) is 0 Å². The van der Waals surface area contributed by atoms with Gasteiger partial charge in [-0.25, -0.2) is 4.68 Å². The van der Waals surface area contributed by atoms with E-state index in [1.807, 2.05) is 41.2 Å². The lowest BCUT2D eigenvalue weighted by Gasteiger charge is -2.07. The quantitative estimate of drug-likeness (QED) is 0.856. The Kier molecular flexibility index (Phi) is 3.06. The molecule has 0 fully saturated rings. The molecule has 1 N–H and O–H groups in total. The van der Waals surface area contributed by atoms with E-state index in [1.54, 1.807) is 0 Å². The van der Waals surface area contributed by atoms with Crippen LogP contribution in [0, 0.1) is 0 Å². The van der Waals surface area contributed by atoms with Gasteiger partial charge in [0.15, 0.2) is 0 Å². The largest absolute Gasteiger partial charge is 0.392 e. The van der Waals surface area contributed by atoms with Crippen LogP contribution < -0.4 is 0 Å². The number of hydrogen-bond donors (Lipinski definition) is 1. The first kappa shape index (κ1) is 10.9. The molecule has 0 saturated carbocycles. The number of rotatable bonds is 3. The van der Waals surface area contributed by atoms with E-state index in [4.69, 9.17) is 0 Å². The second-order valence-electron chi connectivity index (χ2n) is 4.13. The number of aliphatic hydroxyl groups is 1. The maximum Gasteiger partial charge on any atom is 0.0702 e. The zero-order valence-corrected chi connectivity index (χ0v) is 9.59. The van der Waals surface area contributed by atoms with Crippen LogP contribution in [0.25, 0.3) is 5.69 Å². The van der Waals surface area contributed by atoms with Gasteiger partial charge in [-0.15, -0.1) is 0 Å². The van der Waals surface area contributed by atoms with Crippen molar-refractivity contribution in [1.29, 1.82) is 0 Å². The molecule has 84 valence electrons. The lowest BCUT2D eigenvalue weighted by molar-refractivity contribution is 0.281. The van der Waals surface area contributed by atoms with E-state index in [2.05, 4.69) is 18.9 Å². The molecular weight excluding hydrogens is 200 g/mol. The molecule has 0 spiro atoms. The molecule has 0 aliphatic heterocycles. The van der Waals surface area contributed by atoms with Crippen molar-refractivity contribution in [3.63, 3.8) is 0 Å². The van der Waals surface area contributed by atoms with E-state index in [0.717, 1.165) is 16.9 Å². The van der Waals surface area contributed by atoms with Crippen molar-refractivity contribution < 1.29 is 5.11 Å². The number of para-hydroxylation sites is 1. The predicted octanol–water partition coefficient (Wildman–Crippen LogP) is 2.49. The van der Waals surface area contributed by atoms with E-state index in [9.17, 15) is 5.11 Å². The minimum atomic E-state index is 0.0348. The van der Waals surface area contributed by atoms with Gasteiger partial charge in [0.25, 0.3) is 0 Å². The average molecular weight is 216 g/mol. The highest BCUT2D eigenvalue weighted by Gasteiger charge is 2.07. The molecule has 1 heterocycles. The van der Waals surface area contributed by atoms with Crippen molar-refractivity contribution in [1.82, 2.24) is 9.78 Å². The molecular formula is C13H16N2O. The van der Waals surface area contributed by atoms with Crippen molar-refractivity contribution in [2.45, 2.75) is 26.4 Å². The summed E-state index contributed by atoms with van der Waals surface area (Å²) in [5.74, 6) is 0.419. The van der Waals surface area contributed by atoms with Gasteiger partial charge >= 0.3 is 0 Å². The van der Waals surface area contributed by atoms with E-state index in [-0.39, 0.29) is 6.61 Å². The fourth-order valence-corrected chi connectivity index (χ4v) is 1.65. The molecule has 2 rings (SSSR count). The van der Waals surface area contributed by atoms with Crippen LogP contribution >= 0.6 is 0 Å². The van der Waals surface area contributed by atoms with Gasteiger partial charge < -0.3 is 5.11 Å². The Balaban J connectivity index is 2.42. The van der Waals surface area contributed by atoms with Crippen molar-refractivity contribution in [3.8, 4) is 5.69 Å². The number of aliphatic hydroxyl groups excluding tert-OH is 1. The molecule has 0 radical (unpaired) electrons. The van der Waals surface area contributed by atoms with Gasteiger partial charge in [-0.2, -0.15) is 5.10 Å². The van der Waals surface area contributed by atoms with Gasteiger partial charge in [0.05, 0.1) is 18.0 Å². The molecule has 0 aliphatic carbocycles. The summed E-state index contributed by atoms with van der Waals surface area (Å²) in [7, 11) is 0. The van der Waals surface area contributed by atoms with Crippen LogP contribution in [-0.4, -0.2) is 14.9 Å². The fraction of sp³-hybridized carbons (Fsp3) is 0.308. The molecule has 3 nitrogen and oxygen atoms in total. The molecule has 0 saturated heterocycles. The lowest BCUT2D eigenvalue weighted by Crippen LogP contribution is -2.01. The van der Waals surface area contributed by atoms with Crippen LogP contribution in [0.5, 0.6) is 0 Å². The van der Waals surface area contributed by atoms with Crippen molar-refractivity contribution >= 4 is 0 Å². The smallest absolute Gasteiger partial charge is 0.0702 e. The third-order valence-corrected chi connectivity index (χ3v) is 2.61. The maximum absolute atomic E-state index is 9.25. The minimum Gasteiger partial charge on any atom is -0.392 e. The van der Waals surface area contributed by atoms with Gasteiger partial charge in [0, 0.05) is 11.8 Å². The molecule has 16 heavy (non-hydrogen) atoms. The number of hydrogen-bond acceptors (Lipinski definition) is 2. The van der Waals surface area contributed by atoms with Crippen LogP contribution in [-0.2, 0) is 6.61 Å². The van der Waals surface area contributed by atoms with E-state index in [1.165, 1.54) is 0 Å². The number of benzene rings is 1. The Morgan fingerprint density at radius 2 is 2.00 bits per heavy atom. The average Bonchev–Trinajstić information content (AvgIpc) is 2.78. The van der Waals surface area contributed by atoms with Gasteiger partial charge in [-0.05, 0) is 18.1 Å². The molecule has 0 unspecified atom stereocenters. The Hall–Kier alpha value is -1.61. The minimum absolute atomic E-state index is 0.0348. The second-order valence-corrected chi connectivity index (χ2v) is 4.13. The van der Waals surface area contributed by atoms with Crippen LogP contribution in [0.3, 0.4) is 0 Å². The van der Waals surface area contributed by atoms with Crippen LogP contribution in [0.15, 0.2) is 36.5 Å². The molecule has 1 aromatic heterocycles. The van der Waals surface area contributed by atoms with E-state index < -0.39 is 0 Å². The lowest BCUT2D eigenvalue weighted by atomic mass is 10.1. The molecule has 0 aliphatic rings. The standard InChI is InChI=1S/C13H16N2O/c1-10(2)12-7-8-15(14-12)13-6-4-3-5-11(13)9-16/h3-8,10,16H,9H2,1-2H3. The molecule has 2 aromatic rings. The zero-order chi connectivity index (χ0) is 11.5. The highest BCUT2D eigenvalue weighted by atomic mass is 16.3. The van der Waals surface area contributed by atoms with Crippen molar-refractivity contribution in [3.05, 3.63) is 47.8 Å². The van der Waals surface area contributed by atoms with Crippen LogP contribution in [0.1, 0.15) is 31.0 Å². The summed E-state index contributed by atoms with van der Waals surface area (Å²) in [6.45, 7) is 4.27. The first-order chi connectivity index (χ1) is 7.72. The molecule has 0 atom stereocenters. The molecule has 3 heteroatoms. The normalized spacial score (nSPS) is 11.0. The van der Waals surface area contributed by atoms with E-state index in [0.29, 0.717) is 5.92 Å². The fourth-order valence-electron chi connectivity index (χ4n) is 1.65. The van der Waals surface area contributed by atoms with Crippen molar-refractivity contribution in [2.75, 3.05) is 0 Å². The summed E-state index contributed by atoms with van der Waals surface area (Å²) < 4.78 is 1.82. The second kappa shape index (κ2) is 4.49. The van der Waals surface area contributed by atoms with Gasteiger partial charge in [-0.1, -0.05) is 32.0 Å². The third-order valence-electron chi connectivity index (χ3n) is 2.61. The Labute approximate surface area is 95.3 Å². The van der Waals surface area contributed by atoms with Gasteiger partial charge in [-0.3, -0.25) is 0 Å². The maximum atomic E-state index is 9.25. The summed E-state index contributed by atoms with van der Waals surface area (Å²) in [6.07, 6.45) is 1.93. The third kappa shape index (κ3) is 1.99. The molecule has 1 aromatic carbocycles. The van der Waals surface area contributed by atoms with Crippen molar-refractivity contribution in [2.24, 2.45) is 0 Å². The monoisotopic (exact) mass is 216 g/mol. The summed E-state index contributed by atoms with van der Waals surface area (Å²) in [5, 5.41) is 13.7. The topological polar surface area (TPSA) is 38.0 Å². The first-order valence-corrected chi connectivity index (χ1v) is 5.47. The Bertz CT molecular complexity index is 474. The SMILES string of the molecule is CC(C)c1ccn(-c2ccccc2CO)n1. The summed E-state index contributed by atoms with van der Waals surface area (Å²) in [4.78, 5) is 0. The number of nitrogens with zero attached hydrogens (tertiary/aromatic N) is 2. The summed E-state index contributed by atoms with van der Waals surface area (Å²) in [6, 6.07) is 9.75. The van der Waals surface area contributed by atoms with E-state index >= 15 is 0 Å². The Morgan fingerprint density at radius 3 is 2.62 bits per heavy atom. The molecule has 0 bridgehead atoms. The first-order valence-electron chi connectivity index (χ1n) is 5.47. The summed E-state index contributed by atoms with van der Waals surface area (Å²) >= 11 is 0. The highest BCUT2D eigenvalue weighted by molar-refractivity contribution is 5.40. The number of aromatic nitrogens is 2. The van der Waals surface area contributed by atoms with Gasteiger partial charge in [0.1, 0.15) is 0 Å².